The Morgan fingerprint density at radius 1 is 1.44 bits per heavy atom. The third-order valence-electron chi connectivity index (χ3n) is 2.36. The minimum absolute atomic E-state index is 0.120. The summed E-state index contributed by atoms with van der Waals surface area (Å²) in [5, 5.41) is 10.7. The number of benzene rings is 1. The van der Waals surface area contributed by atoms with Crippen molar-refractivity contribution in [3.63, 3.8) is 0 Å². The molecule has 94 valence electrons. The van der Waals surface area contributed by atoms with Gasteiger partial charge in [-0.1, -0.05) is 6.07 Å². The van der Waals surface area contributed by atoms with Crippen molar-refractivity contribution in [1.29, 1.82) is 0 Å². The van der Waals surface area contributed by atoms with Crippen LogP contribution in [-0.2, 0) is 16.0 Å². The molecule has 0 bridgehead atoms. The molecule has 2 aromatic rings. The molecule has 6 nitrogen and oxygen atoms in total. The van der Waals surface area contributed by atoms with E-state index < -0.39 is 5.97 Å². The van der Waals surface area contributed by atoms with Crippen LogP contribution in [-0.4, -0.2) is 28.5 Å². The second kappa shape index (κ2) is 4.87. The molecule has 2 N–H and O–H groups in total. The molecule has 1 aromatic heterocycles. The summed E-state index contributed by atoms with van der Waals surface area (Å²) in [7, 11) is 0. The van der Waals surface area contributed by atoms with Crippen molar-refractivity contribution in [3.05, 3.63) is 29.7 Å². The fraction of sp³-hybridized carbons (Fsp3) is 0.250. The van der Waals surface area contributed by atoms with Crippen LogP contribution in [0.3, 0.4) is 0 Å². The van der Waals surface area contributed by atoms with Gasteiger partial charge in [0.25, 0.3) is 0 Å². The van der Waals surface area contributed by atoms with Crippen molar-refractivity contribution in [1.82, 2.24) is 10.3 Å². The number of aliphatic carboxylic acids is 1. The molecule has 0 aliphatic carbocycles. The zero-order chi connectivity index (χ0) is 13.1. The van der Waals surface area contributed by atoms with Crippen LogP contribution in [0.4, 0.5) is 0 Å². The smallest absolute Gasteiger partial charge is 0.322 e. The molecule has 1 amide bonds. The number of oxazole rings is 1. The molecule has 0 atom stereocenters. The molecule has 0 radical (unpaired) electrons. The summed E-state index contributed by atoms with van der Waals surface area (Å²) >= 11 is 0. The summed E-state index contributed by atoms with van der Waals surface area (Å²) < 4.78 is 5.32. The monoisotopic (exact) mass is 248 g/mol. The summed E-state index contributed by atoms with van der Waals surface area (Å²) in [4.78, 5) is 25.9. The van der Waals surface area contributed by atoms with Crippen molar-refractivity contribution in [2.24, 2.45) is 0 Å². The molecular formula is C12H12N2O4. The van der Waals surface area contributed by atoms with E-state index in [2.05, 4.69) is 10.3 Å². The van der Waals surface area contributed by atoms with Gasteiger partial charge in [-0.2, -0.15) is 0 Å². The van der Waals surface area contributed by atoms with E-state index in [0.717, 1.165) is 5.56 Å². The summed E-state index contributed by atoms with van der Waals surface area (Å²) in [5.41, 5.74) is 2.12. The summed E-state index contributed by atoms with van der Waals surface area (Å²) in [6.45, 7) is 1.38. The summed E-state index contributed by atoms with van der Waals surface area (Å²) in [6.07, 6.45) is 0.120. The first kappa shape index (κ1) is 12.1. The van der Waals surface area contributed by atoms with Crippen LogP contribution in [0.1, 0.15) is 11.5 Å². The highest BCUT2D eigenvalue weighted by Crippen LogP contribution is 2.16. The average Bonchev–Trinajstić information content (AvgIpc) is 2.66. The molecular weight excluding hydrogens is 236 g/mol. The molecule has 6 heteroatoms. The predicted octanol–water partition coefficient (Wildman–Crippen LogP) is 0.880. The van der Waals surface area contributed by atoms with Crippen molar-refractivity contribution in [3.8, 4) is 0 Å². The molecule has 0 aliphatic heterocycles. The third kappa shape index (κ3) is 2.85. The van der Waals surface area contributed by atoms with Gasteiger partial charge in [0.2, 0.25) is 5.91 Å². The molecule has 0 unspecified atom stereocenters. The van der Waals surface area contributed by atoms with Gasteiger partial charge in [-0.15, -0.1) is 0 Å². The van der Waals surface area contributed by atoms with Crippen LogP contribution in [0.25, 0.3) is 11.1 Å². The molecule has 0 spiro atoms. The highest BCUT2D eigenvalue weighted by Gasteiger charge is 2.08. The van der Waals surface area contributed by atoms with E-state index in [1.807, 2.05) is 0 Å². The van der Waals surface area contributed by atoms with E-state index in [1.165, 1.54) is 0 Å². The van der Waals surface area contributed by atoms with Gasteiger partial charge in [0, 0.05) is 6.92 Å². The van der Waals surface area contributed by atoms with Gasteiger partial charge in [-0.25, -0.2) is 4.98 Å². The van der Waals surface area contributed by atoms with Crippen LogP contribution in [0.15, 0.2) is 22.6 Å². The lowest BCUT2D eigenvalue weighted by molar-refractivity contribution is -0.137. The van der Waals surface area contributed by atoms with E-state index >= 15 is 0 Å². The fourth-order valence-corrected chi connectivity index (χ4v) is 1.62. The topological polar surface area (TPSA) is 92.4 Å². The van der Waals surface area contributed by atoms with Gasteiger partial charge in [-0.05, 0) is 17.7 Å². The second-order valence-electron chi connectivity index (χ2n) is 3.88. The number of carboxylic acid groups (broad SMARTS) is 1. The number of aryl methyl sites for hydroxylation is 1. The Morgan fingerprint density at radius 3 is 2.94 bits per heavy atom. The molecule has 0 saturated carbocycles. The second-order valence-corrected chi connectivity index (χ2v) is 3.88. The number of nitrogens with zero attached hydrogens (tertiary/aromatic N) is 1. The van der Waals surface area contributed by atoms with E-state index in [-0.39, 0.29) is 18.9 Å². The first-order chi connectivity index (χ1) is 8.54. The number of rotatable bonds is 4. The number of carbonyl (C=O) groups excluding carboxylic acids is 1. The largest absolute Gasteiger partial charge is 0.480 e. The number of fused-ring (bicyclic) bond motifs is 1. The number of hydrogen-bond donors (Lipinski definition) is 2. The zero-order valence-electron chi connectivity index (χ0n) is 9.77. The third-order valence-corrected chi connectivity index (χ3v) is 2.36. The van der Waals surface area contributed by atoms with Gasteiger partial charge in [0.1, 0.15) is 12.1 Å². The first-order valence-electron chi connectivity index (χ1n) is 5.39. The first-order valence-corrected chi connectivity index (χ1v) is 5.39. The Balaban J connectivity index is 2.07. The summed E-state index contributed by atoms with van der Waals surface area (Å²) in [5.74, 6) is -0.833. The van der Waals surface area contributed by atoms with Crippen molar-refractivity contribution < 1.29 is 19.1 Å². The maximum Gasteiger partial charge on any atom is 0.322 e. The lowest BCUT2D eigenvalue weighted by atomic mass is 10.1. The van der Waals surface area contributed by atoms with Crippen molar-refractivity contribution in [2.45, 2.75) is 13.3 Å². The number of amides is 1. The van der Waals surface area contributed by atoms with E-state index in [1.54, 1.807) is 25.1 Å². The molecule has 2 rings (SSSR count). The Bertz CT molecular complexity index is 603. The number of aromatic nitrogens is 1. The van der Waals surface area contributed by atoms with Gasteiger partial charge in [0.05, 0.1) is 6.42 Å². The van der Waals surface area contributed by atoms with Gasteiger partial charge >= 0.3 is 5.97 Å². The molecule has 1 aromatic carbocycles. The van der Waals surface area contributed by atoms with E-state index in [4.69, 9.17) is 9.52 Å². The van der Waals surface area contributed by atoms with Crippen LogP contribution < -0.4 is 5.32 Å². The van der Waals surface area contributed by atoms with Crippen LogP contribution in [0, 0.1) is 6.92 Å². The highest BCUT2D eigenvalue weighted by molar-refractivity contribution is 5.84. The molecule has 0 saturated heterocycles. The maximum absolute atomic E-state index is 11.4. The Morgan fingerprint density at radius 2 is 2.22 bits per heavy atom. The highest BCUT2D eigenvalue weighted by atomic mass is 16.4. The minimum Gasteiger partial charge on any atom is -0.480 e. The van der Waals surface area contributed by atoms with Crippen molar-refractivity contribution in [2.75, 3.05) is 6.54 Å². The van der Waals surface area contributed by atoms with Crippen LogP contribution in [0.5, 0.6) is 0 Å². The number of nitrogens with one attached hydrogen (secondary N) is 1. The number of hydrogen-bond acceptors (Lipinski definition) is 4. The molecule has 18 heavy (non-hydrogen) atoms. The van der Waals surface area contributed by atoms with E-state index in [0.29, 0.717) is 17.0 Å². The SMILES string of the molecule is Cc1nc2cc(CC(=O)NCC(=O)O)ccc2o1. The summed E-state index contributed by atoms with van der Waals surface area (Å²) in [6, 6.07) is 5.26. The molecule has 0 aliphatic rings. The van der Waals surface area contributed by atoms with Crippen LogP contribution in [0.2, 0.25) is 0 Å². The Kier molecular flexibility index (Phi) is 3.27. The molecule has 1 heterocycles. The fourth-order valence-electron chi connectivity index (χ4n) is 1.62. The zero-order valence-corrected chi connectivity index (χ0v) is 9.77. The van der Waals surface area contributed by atoms with Crippen LogP contribution >= 0.6 is 0 Å². The maximum atomic E-state index is 11.4. The Labute approximate surface area is 103 Å². The number of carbonyl (C=O) groups is 2. The minimum atomic E-state index is -1.06. The normalized spacial score (nSPS) is 10.5. The Hall–Kier alpha value is -2.37. The van der Waals surface area contributed by atoms with Crippen molar-refractivity contribution >= 4 is 23.0 Å². The lowest BCUT2D eigenvalue weighted by Crippen LogP contribution is -2.30. The van der Waals surface area contributed by atoms with E-state index in [9.17, 15) is 9.59 Å². The number of carboxylic acids is 1. The lowest BCUT2D eigenvalue weighted by Gasteiger charge is -2.02. The van der Waals surface area contributed by atoms with Gasteiger partial charge < -0.3 is 14.8 Å². The quantitative estimate of drug-likeness (QED) is 0.837. The average molecular weight is 248 g/mol. The van der Waals surface area contributed by atoms with Gasteiger partial charge in [-0.3, -0.25) is 9.59 Å². The predicted molar refractivity (Wildman–Crippen MR) is 63.1 cm³/mol. The molecule has 0 fully saturated rings. The standard InChI is InChI=1S/C12H12N2O4/c1-7-14-9-4-8(2-3-10(9)18-7)5-11(15)13-6-12(16)17/h2-4H,5-6H2,1H3,(H,13,15)(H,16,17). The van der Waals surface area contributed by atoms with Gasteiger partial charge in [0.15, 0.2) is 11.5 Å².